The predicted molar refractivity (Wildman–Crippen MR) is 69.6 cm³/mol. The van der Waals surface area contributed by atoms with Crippen molar-refractivity contribution in [3.8, 4) is 0 Å². The minimum atomic E-state index is -0.210. The fourth-order valence-electron chi connectivity index (χ4n) is 2.40. The predicted octanol–water partition coefficient (Wildman–Crippen LogP) is -0.393. The molecule has 0 spiro atoms. The van der Waals surface area contributed by atoms with E-state index in [-0.39, 0.29) is 5.91 Å². The van der Waals surface area contributed by atoms with Crippen molar-refractivity contribution in [1.82, 2.24) is 9.80 Å². The van der Waals surface area contributed by atoms with Gasteiger partial charge in [0, 0.05) is 51.7 Å². The molecule has 1 atom stereocenters. The fourth-order valence-corrected chi connectivity index (χ4v) is 2.40. The molecule has 1 aliphatic heterocycles. The number of rotatable bonds is 7. The number of primary amides is 1. The van der Waals surface area contributed by atoms with Crippen molar-refractivity contribution >= 4 is 5.91 Å². The van der Waals surface area contributed by atoms with Crippen LogP contribution in [0.4, 0.5) is 0 Å². The van der Waals surface area contributed by atoms with Crippen LogP contribution in [0.2, 0.25) is 0 Å². The van der Waals surface area contributed by atoms with Gasteiger partial charge in [-0.1, -0.05) is 13.3 Å². The third-order valence-electron chi connectivity index (χ3n) is 3.49. The van der Waals surface area contributed by atoms with Gasteiger partial charge in [0.15, 0.2) is 0 Å². The Morgan fingerprint density at radius 2 is 1.94 bits per heavy atom. The van der Waals surface area contributed by atoms with Crippen molar-refractivity contribution in [1.29, 1.82) is 0 Å². The third kappa shape index (κ3) is 5.02. The molecule has 100 valence electrons. The number of piperazine rings is 1. The van der Waals surface area contributed by atoms with Crippen LogP contribution in [-0.2, 0) is 4.79 Å². The van der Waals surface area contributed by atoms with Gasteiger partial charge in [0.1, 0.15) is 0 Å². The quantitative estimate of drug-likeness (QED) is 0.637. The minimum Gasteiger partial charge on any atom is -0.370 e. The van der Waals surface area contributed by atoms with Crippen LogP contribution in [0.3, 0.4) is 0 Å². The van der Waals surface area contributed by atoms with Gasteiger partial charge >= 0.3 is 0 Å². The zero-order valence-electron chi connectivity index (χ0n) is 10.9. The van der Waals surface area contributed by atoms with E-state index in [0.29, 0.717) is 12.5 Å². The van der Waals surface area contributed by atoms with Gasteiger partial charge in [-0.3, -0.25) is 9.69 Å². The second-order valence-corrected chi connectivity index (χ2v) is 4.77. The van der Waals surface area contributed by atoms with Crippen LogP contribution >= 0.6 is 0 Å². The number of nitrogens with zero attached hydrogens (tertiary/aromatic N) is 2. The number of carbonyl (C=O) groups excluding carboxylic acids is 1. The SMILES string of the molecule is CCCC(CN)N1CCN(CCC(N)=O)CC1. The fraction of sp³-hybridized carbons (Fsp3) is 0.917. The number of carbonyl (C=O) groups is 1. The first-order valence-electron chi connectivity index (χ1n) is 6.62. The highest BCUT2D eigenvalue weighted by atomic mass is 16.1. The van der Waals surface area contributed by atoms with E-state index in [4.69, 9.17) is 11.5 Å². The zero-order chi connectivity index (χ0) is 12.7. The molecule has 0 radical (unpaired) electrons. The number of hydrogen-bond acceptors (Lipinski definition) is 4. The van der Waals surface area contributed by atoms with E-state index >= 15 is 0 Å². The molecule has 17 heavy (non-hydrogen) atoms. The standard InChI is InChI=1S/C12H26N4O/c1-2-3-11(10-13)16-8-6-15(7-9-16)5-4-12(14)17/h11H,2-10,13H2,1H3,(H2,14,17). The van der Waals surface area contributed by atoms with Gasteiger partial charge in [-0.15, -0.1) is 0 Å². The highest BCUT2D eigenvalue weighted by Crippen LogP contribution is 2.10. The lowest BCUT2D eigenvalue weighted by Crippen LogP contribution is -2.52. The van der Waals surface area contributed by atoms with Gasteiger partial charge in [-0.05, 0) is 6.42 Å². The molecule has 1 aliphatic rings. The molecule has 0 aromatic carbocycles. The smallest absolute Gasteiger partial charge is 0.218 e. The van der Waals surface area contributed by atoms with Gasteiger partial charge in [-0.25, -0.2) is 0 Å². The molecule has 1 fully saturated rings. The molecule has 1 heterocycles. The van der Waals surface area contributed by atoms with E-state index in [0.717, 1.165) is 39.3 Å². The molecule has 4 N–H and O–H groups in total. The van der Waals surface area contributed by atoms with Crippen molar-refractivity contribution in [3.63, 3.8) is 0 Å². The molecule has 0 saturated carbocycles. The van der Waals surface area contributed by atoms with Crippen LogP contribution in [-0.4, -0.2) is 61.0 Å². The van der Waals surface area contributed by atoms with Crippen molar-refractivity contribution < 1.29 is 4.79 Å². The summed E-state index contributed by atoms with van der Waals surface area (Å²) >= 11 is 0. The lowest BCUT2D eigenvalue weighted by molar-refractivity contribution is -0.118. The zero-order valence-corrected chi connectivity index (χ0v) is 10.9. The van der Waals surface area contributed by atoms with E-state index in [1.54, 1.807) is 0 Å². The summed E-state index contributed by atoms with van der Waals surface area (Å²) < 4.78 is 0. The first kappa shape index (κ1) is 14.4. The molecule has 0 aliphatic carbocycles. The minimum absolute atomic E-state index is 0.210. The number of nitrogens with two attached hydrogens (primary N) is 2. The maximum atomic E-state index is 10.7. The average molecular weight is 242 g/mol. The summed E-state index contributed by atoms with van der Waals surface area (Å²) in [5.74, 6) is -0.210. The van der Waals surface area contributed by atoms with Crippen LogP contribution in [0.1, 0.15) is 26.2 Å². The molecule has 0 bridgehead atoms. The third-order valence-corrected chi connectivity index (χ3v) is 3.49. The van der Waals surface area contributed by atoms with Gasteiger partial charge in [0.25, 0.3) is 0 Å². The Balaban J connectivity index is 2.26. The maximum Gasteiger partial charge on any atom is 0.218 e. The van der Waals surface area contributed by atoms with Crippen molar-refractivity contribution in [2.75, 3.05) is 39.3 Å². The second-order valence-electron chi connectivity index (χ2n) is 4.77. The van der Waals surface area contributed by atoms with Gasteiger partial charge in [-0.2, -0.15) is 0 Å². The normalized spacial score (nSPS) is 20.4. The van der Waals surface area contributed by atoms with E-state index in [1.807, 2.05) is 0 Å². The molecular formula is C12H26N4O. The molecule has 1 unspecified atom stereocenters. The maximum absolute atomic E-state index is 10.7. The molecule has 1 amide bonds. The Bertz CT molecular complexity index is 227. The Labute approximate surface area is 104 Å². The van der Waals surface area contributed by atoms with Gasteiger partial charge in [0.05, 0.1) is 0 Å². The second kappa shape index (κ2) is 7.63. The molecule has 5 nitrogen and oxygen atoms in total. The van der Waals surface area contributed by atoms with Crippen LogP contribution in [0.5, 0.6) is 0 Å². The highest BCUT2D eigenvalue weighted by molar-refractivity contribution is 5.73. The first-order valence-corrected chi connectivity index (χ1v) is 6.62. The summed E-state index contributed by atoms with van der Waals surface area (Å²) in [6.45, 7) is 7.90. The van der Waals surface area contributed by atoms with Crippen LogP contribution in [0.25, 0.3) is 0 Å². The lowest BCUT2D eigenvalue weighted by atomic mass is 10.1. The summed E-state index contributed by atoms with van der Waals surface area (Å²) in [5, 5.41) is 0. The van der Waals surface area contributed by atoms with E-state index in [1.165, 1.54) is 12.8 Å². The van der Waals surface area contributed by atoms with Gasteiger partial charge < -0.3 is 16.4 Å². The summed E-state index contributed by atoms with van der Waals surface area (Å²) in [4.78, 5) is 15.5. The van der Waals surface area contributed by atoms with Gasteiger partial charge in [0.2, 0.25) is 5.91 Å². The summed E-state index contributed by atoms with van der Waals surface area (Å²) in [7, 11) is 0. The number of amides is 1. The topological polar surface area (TPSA) is 75.6 Å². The van der Waals surface area contributed by atoms with E-state index in [9.17, 15) is 4.79 Å². The largest absolute Gasteiger partial charge is 0.370 e. The Morgan fingerprint density at radius 3 is 2.41 bits per heavy atom. The van der Waals surface area contributed by atoms with E-state index in [2.05, 4.69) is 16.7 Å². The van der Waals surface area contributed by atoms with Crippen LogP contribution < -0.4 is 11.5 Å². The molecular weight excluding hydrogens is 216 g/mol. The Hall–Kier alpha value is -0.650. The molecule has 0 aromatic heterocycles. The Morgan fingerprint density at radius 1 is 1.29 bits per heavy atom. The van der Waals surface area contributed by atoms with Crippen molar-refractivity contribution in [3.05, 3.63) is 0 Å². The molecule has 5 heteroatoms. The molecule has 1 rings (SSSR count). The van der Waals surface area contributed by atoms with E-state index < -0.39 is 0 Å². The Kier molecular flexibility index (Phi) is 6.47. The number of hydrogen-bond donors (Lipinski definition) is 2. The average Bonchev–Trinajstić information content (AvgIpc) is 2.34. The van der Waals surface area contributed by atoms with Crippen molar-refractivity contribution in [2.45, 2.75) is 32.2 Å². The highest BCUT2D eigenvalue weighted by Gasteiger charge is 2.22. The molecule has 0 aromatic rings. The summed E-state index contributed by atoms with van der Waals surface area (Å²) in [6.07, 6.45) is 2.83. The van der Waals surface area contributed by atoms with Crippen LogP contribution in [0.15, 0.2) is 0 Å². The van der Waals surface area contributed by atoms with Crippen LogP contribution in [0, 0.1) is 0 Å². The molecule has 1 saturated heterocycles. The monoisotopic (exact) mass is 242 g/mol. The summed E-state index contributed by atoms with van der Waals surface area (Å²) in [6, 6.07) is 0.526. The lowest BCUT2D eigenvalue weighted by Gasteiger charge is -2.38. The first-order chi connectivity index (χ1) is 8.17. The van der Waals surface area contributed by atoms with Crippen molar-refractivity contribution in [2.24, 2.45) is 11.5 Å². The summed E-state index contributed by atoms with van der Waals surface area (Å²) in [5.41, 5.74) is 11.0.